The number of piperidine rings is 1. The summed E-state index contributed by atoms with van der Waals surface area (Å²) in [6, 6.07) is 7.81. The molecular weight excluding hydrogens is 396 g/mol. The quantitative estimate of drug-likeness (QED) is 0.770. The zero-order valence-corrected chi connectivity index (χ0v) is 19.8. The molecule has 2 saturated heterocycles. The predicted molar refractivity (Wildman–Crippen MR) is 132 cm³/mol. The van der Waals surface area contributed by atoms with Gasteiger partial charge in [0.05, 0.1) is 22.9 Å². The summed E-state index contributed by atoms with van der Waals surface area (Å²) in [7, 11) is 0. The van der Waals surface area contributed by atoms with Gasteiger partial charge in [-0.15, -0.1) is 0 Å². The highest BCUT2D eigenvalue weighted by Gasteiger charge is 2.29. The van der Waals surface area contributed by atoms with Crippen molar-refractivity contribution < 1.29 is 0 Å². The maximum atomic E-state index is 4.82. The normalized spacial score (nSPS) is 24.6. The molecule has 0 spiro atoms. The van der Waals surface area contributed by atoms with Gasteiger partial charge < -0.3 is 15.2 Å². The summed E-state index contributed by atoms with van der Waals surface area (Å²) >= 11 is 0. The number of likely N-dealkylation sites (tertiary alicyclic amines) is 1. The summed E-state index contributed by atoms with van der Waals surface area (Å²) in [5.41, 5.74) is 4.45. The number of benzene rings is 1. The second kappa shape index (κ2) is 9.38. The zero-order valence-electron chi connectivity index (χ0n) is 19.8. The fraction of sp³-hybridized carbons (Fsp3) is 0.577. The van der Waals surface area contributed by atoms with Gasteiger partial charge in [0.25, 0.3) is 0 Å². The number of hydrogen-bond donors (Lipinski definition) is 2. The summed E-state index contributed by atoms with van der Waals surface area (Å²) in [6.45, 7) is 13.9. The Hall–Kier alpha value is -2.15. The highest BCUT2D eigenvalue weighted by atomic mass is 15.3. The topological polar surface area (TPSA) is 50.4 Å². The molecule has 0 saturated carbocycles. The van der Waals surface area contributed by atoms with Gasteiger partial charge in [0, 0.05) is 31.7 Å². The molecule has 3 aliphatic rings. The fourth-order valence-electron chi connectivity index (χ4n) is 5.49. The van der Waals surface area contributed by atoms with Crippen molar-refractivity contribution in [3.05, 3.63) is 47.8 Å². The summed E-state index contributed by atoms with van der Waals surface area (Å²) in [5, 5.41) is 3.74. The third-order valence-electron chi connectivity index (χ3n) is 7.46. The predicted octanol–water partition coefficient (Wildman–Crippen LogP) is 3.58. The van der Waals surface area contributed by atoms with Gasteiger partial charge in [-0.1, -0.05) is 12.1 Å². The van der Waals surface area contributed by atoms with Crippen molar-refractivity contribution in [1.29, 1.82) is 0 Å². The monoisotopic (exact) mass is 434 g/mol. The molecular formula is C26H38N6. The highest BCUT2D eigenvalue weighted by molar-refractivity contribution is 5.79. The molecule has 2 aromatic rings. The maximum Gasteiger partial charge on any atom is 0.154 e. The van der Waals surface area contributed by atoms with E-state index in [-0.39, 0.29) is 6.17 Å². The van der Waals surface area contributed by atoms with E-state index in [0.717, 1.165) is 41.7 Å². The number of nitrogens with one attached hydrogen (secondary N) is 2. The van der Waals surface area contributed by atoms with Gasteiger partial charge in [-0.05, 0) is 89.5 Å². The number of rotatable bonds is 4. The van der Waals surface area contributed by atoms with E-state index in [1.807, 2.05) is 0 Å². The van der Waals surface area contributed by atoms with E-state index in [4.69, 9.17) is 4.98 Å². The van der Waals surface area contributed by atoms with Crippen LogP contribution in [0.5, 0.6) is 0 Å². The number of dihydropyridines is 1. The summed E-state index contributed by atoms with van der Waals surface area (Å²) < 4.78 is 0. The van der Waals surface area contributed by atoms with Crippen LogP contribution in [0.1, 0.15) is 44.5 Å². The van der Waals surface area contributed by atoms with Crippen molar-refractivity contribution in [3.63, 3.8) is 0 Å². The number of hydrogen-bond acceptors (Lipinski definition) is 5. The molecule has 172 valence electrons. The minimum atomic E-state index is 0.229. The summed E-state index contributed by atoms with van der Waals surface area (Å²) in [6.07, 6.45) is 10.7. The second-order valence-corrected chi connectivity index (χ2v) is 9.95. The van der Waals surface area contributed by atoms with E-state index in [2.05, 4.69) is 82.2 Å². The molecule has 5 rings (SSSR count). The van der Waals surface area contributed by atoms with Gasteiger partial charge in [-0.3, -0.25) is 9.80 Å². The number of fused-ring (bicyclic) bond motifs is 1. The molecule has 1 atom stereocenters. The molecule has 0 aliphatic carbocycles. The molecule has 0 bridgehead atoms. The van der Waals surface area contributed by atoms with E-state index in [9.17, 15) is 0 Å². The zero-order chi connectivity index (χ0) is 22.1. The number of aryl methyl sites for hydroxylation is 1. The highest BCUT2D eigenvalue weighted by Crippen LogP contribution is 2.23. The first-order chi connectivity index (χ1) is 15.6. The molecule has 6 heteroatoms. The fourth-order valence-corrected chi connectivity index (χ4v) is 5.49. The minimum Gasteiger partial charge on any atom is -0.363 e. The summed E-state index contributed by atoms with van der Waals surface area (Å²) in [4.78, 5) is 16.3. The molecule has 6 nitrogen and oxygen atoms in total. The van der Waals surface area contributed by atoms with Crippen LogP contribution < -0.4 is 5.32 Å². The van der Waals surface area contributed by atoms with Crippen LogP contribution >= 0.6 is 0 Å². The standard InChI is InChI=1S/C26H38N6/c1-19(2)30-14-10-21(11-15-30)31-12-5-13-32(17-16-31)25-7-4-6-23(27-25)26-28-22-9-8-20(3)18-24(22)29-26/h4,6-9,18-19,21,25,27H,5,10-17H2,1-3H3,(H,28,29). The molecule has 3 aliphatic heterocycles. The Morgan fingerprint density at radius 1 is 1.00 bits per heavy atom. The van der Waals surface area contributed by atoms with Gasteiger partial charge in [-0.25, -0.2) is 4.98 Å². The van der Waals surface area contributed by atoms with Crippen molar-refractivity contribution >= 4 is 16.7 Å². The molecule has 1 aromatic heterocycles. The Morgan fingerprint density at radius 2 is 1.78 bits per heavy atom. The molecule has 1 aromatic carbocycles. The largest absolute Gasteiger partial charge is 0.363 e. The second-order valence-electron chi connectivity index (χ2n) is 9.95. The van der Waals surface area contributed by atoms with E-state index in [0.29, 0.717) is 6.04 Å². The summed E-state index contributed by atoms with van der Waals surface area (Å²) in [5.74, 6) is 0.924. The van der Waals surface area contributed by atoms with E-state index in [1.54, 1.807) is 0 Å². The molecule has 32 heavy (non-hydrogen) atoms. The lowest BCUT2D eigenvalue weighted by Crippen LogP contribution is -2.49. The first-order valence-electron chi connectivity index (χ1n) is 12.4. The van der Waals surface area contributed by atoms with Gasteiger partial charge in [0.1, 0.15) is 0 Å². The van der Waals surface area contributed by atoms with Crippen molar-refractivity contribution in [2.45, 2.75) is 58.3 Å². The molecule has 4 heterocycles. The van der Waals surface area contributed by atoms with Crippen molar-refractivity contribution in [2.24, 2.45) is 0 Å². The number of H-pyrrole nitrogens is 1. The van der Waals surface area contributed by atoms with Crippen molar-refractivity contribution in [3.8, 4) is 0 Å². The molecule has 2 fully saturated rings. The number of nitrogens with zero attached hydrogens (tertiary/aromatic N) is 4. The number of aromatic amines is 1. The van der Waals surface area contributed by atoms with E-state index < -0.39 is 0 Å². The average Bonchev–Trinajstić information content (AvgIpc) is 3.07. The average molecular weight is 435 g/mol. The number of aromatic nitrogens is 2. The van der Waals surface area contributed by atoms with E-state index >= 15 is 0 Å². The van der Waals surface area contributed by atoms with Crippen molar-refractivity contribution in [1.82, 2.24) is 30.0 Å². The van der Waals surface area contributed by atoms with Crippen molar-refractivity contribution in [2.75, 3.05) is 39.3 Å². The molecule has 0 radical (unpaired) electrons. The lowest BCUT2D eigenvalue weighted by atomic mass is 10.0. The SMILES string of the molecule is Cc1ccc2nc(C3=CC=CC(N4CCCN(C5CCN(C(C)C)CC5)CC4)N3)[nH]c2c1. The third-order valence-corrected chi connectivity index (χ3v) is 7.46. The Labute approximate surface area is 192 Å². The Morgan fingerprint density at radius 3 is 2.59 bits per heavy atom. The molecule has 0 amide bonds. The first-order valence-corrected chi connectivity index (χ1v) is 12.4. The molecule has 1 unspecified atom stereocenters. The van der Waals surface area contributed by atoms with Crippen LogP contribution in [0.4, 0.5) is 0 Å². The van der Waals surface area contributed by atoms with Gasteiger partial charge >= 0.3 is 0 Å². The van der Waals surface area contributed by atoms with Crippen LogP contribution in [0.25, 0.3) is 16.7 Å². The van der Waals surface area contributed by atoms with Crippen LogP contribution in [0.2, 0.25) is 0 Å². The smallest absolute Gasteiger partial charge is 0.154 e. The maximum absolute atomic E-state index is 4.82. The van der Waals surface area contributed by atoms with E-state index in [1.165, 1.54) is 51.0 Å². The Bertz CT molecular complexity index is 981. The Balaban J connectivity index is 1.20. The van der Waals surface area contributed by atoms with Crippen LogP contribution in [-0.2, 0) is 0 Å². The Kier molecular flexibility index (Phi) is 6.35. The lowest BCUT2D eigenvalue weighted by Gasteiger charge is -2.39. The van der Waals surface area contributed by atoms with Crippen LogP contribution in [0.3, 0.4) is 0 Å². The lowest BCUT2D eigenvalue weighted by molar-refractivity contribution is 0.0930. The van der Waals surface area contributed by atoms with Crippen LogP contribution in [-0.4, -0.2) is 82.2 Å². The van der Waals surface area contributed by atoms with Gasteiger partial charge in [0.15, 0.2) is 5.82 Å². The van der Waals surface area contributed by atoms with Crippen LogP contribution in [0.15, 0.2) is 36.4 Å². The third kappa shape index (κ3) is 4.63. The first kappa shape index (κ1) is 21.7. The van der Waals surface area contributed by atoms with Crippen LogP contribution in [0, 0.1) is 6.92 Å². The number of imidazole rings is 1. The minimum absolute atomic E-state index is 0.229. The molecule has 2 N–H and O–H groups in total. The van der Waals surface area contributed by atoms with Gasteiger partial charge in [0.2, 0.25) is 0 Å². The number of allylic oxidation sites excluding steroid dienone is 2. The van der Waals surface area contributed by atoms with Gasteiger partial charge in [-0.2, -0.15) is 0 Å².